The predicted octanol–water partition coefficient (Wildman–Crippen LogP) is 1.14. The average Bonchev–Trinajstić information content (AvgIpc) is 2.50. The van der Waals surface area contributed by atoms with Gasteiger partial charge in [0, 0.05) is 64.0 Å². The highest BCUT2D eigenvalue weighted by molar-refractivity contribution is 5.86. The number of hydrogen-bond acceptors (Lipinski definition) is 6. The van der Waals surface area contributed by atoms with Crippen LogP contribution in [0.2, 0.25) is 0 Å². The molecule has 0 saturated carbocycles. The Bertz CT molecular complexity index is 453. The van der Waals surface area contributed by atoms with Crippen molar-refractivity contribution < 1.29 is 4.92 Å². The highest BCUT2D eigenvalue weighted by atomic mass is 35.5. The number of nitrogens with one attached hydrogen (secondary N) is 4. The Balaban J connectivity index is 0. The van der Waals surface area contributed by atoms with Gasteiger partial charge in [-0.3, -0.25) is 10.1 Å². The Morgan fingerprint density at radius 3 is 1.96 bits per heavy atom. The van der Waals surface area contributed by atoms with Gasteiger partial charge in [0.1, 0.15) is 0 Å². The number of halogens is 3. The summed E-state index contributed by atoms with van der Waals surface area (Å²) in [5.41, 5.74) is 1.26. The van der Waals surface area contributed by atoms with Crippen molar-refractivity contribution in [3.8, 4) is 0 Å². The largest absolute Gasteiger partial charge is 0.314 e. The number of non-ortho nitro benzene ring substituents is 1. The zero-order valence-corrected chi connectivity index (χ0v) is 16.5. The molecule has 1 saturated heterocycles. The van der Waals surface area contributed by atoms with Gasteiger partial charge < -0.3 is 21.3 Å². The third-order valence-electron chi connectivity index (χ3n) is 3.71. The first-order valence-corrected chi connectivity index (χ1v) is 7.84. The van der Waals surface area contributed by atoms with Crippen molar-refractivity contribution in [1.82, 2.24) is 21.3 Å². The van der Waals surface area contributed by atoms with Crippen LogP contribution >= 0.6 is 37.2 Å². The molecule has 4 N–H and O–H groups in total. The molecular weight excluding hydrogens is 389 g/mol. The summed E-state index contributed by atoms with van der Waals surface area (Å²) >= 11 is 0. The molecule has 1 aromatic rings. The number of nitrogens with zero attached hydrogens (tertiary/aromatic N) is 1. The molecule has 10 heteroatoms. The second-order valence-corrected chi connectivity index (χ2v) is 5.48. The standard InChI is InChI=1S/C15H25N5O2.3ClH/c21-20(22)15-3-1-13(2-4-15)11-14-12-18-8-7-16-5-6-17-9-10-19-14;;;/h1-4,14,16-19H,5-12H2;3*1H. The van der Waals surface area contributed by atoms with Crippen molar-refractivity contribution in [2.45, 2.75) is 12.5 Å². The van der Waals surface area contributed by atoms with Crippen molar-refractivity contribution in [2.24, 2.45) is 0 Å². The Hall–Kier alpha value is -0.670. The summed E-state index contributed by atoms with van der Waals surface area (Å²) in [6, 6.07) is 7.15. The van der Waals surface area contributed by atoms with Crippen LogP contribution in [0.4, 0.5) is 5.69 Å². The van der Waals surface area contributed by atoms with Gasteiger partial charge in [-0.2, -0.15) is 0 Å². The van der Waals surface area contributed by atoms with Crippen LogP contribution in [0.5, 0.6) is 0 Å². The first kappa shape index (κ1) is 26.6. The van der Waals surface area contributed by atoms with Crippen LogP contribution < -0.4 is 21.3 Å². The minimum Gasteiger partial charge on any atom is -0.314 e. The Labute approximate surface area is 167 Å². The molecule has 1 atom stereocenters. The molecule has 2 rings (SSSR count). The van der Waals surface area contributed by atoms with E-state index in [4.69, 9.17) is 0 Å². The summed E-state index contributed by atoms with van der Waals surface area (Å²) in [6.45, 7) is 6.63. The van der Waals surface area contributed by atoms with Crippen LogP contribution in [-0.2, 0) is 6.42 Å². The lowest BCUT2D eigenvalue weighted by atomic mass is 10.1. The highest BCUT2D eigenvalue weighted by Crippen LogP contribution is 2.13. The Kier molecular flexibility index (Phi) is 16.5. The fraction of sp³-hybridized carbons (Fsp3) is 0.600. The first-order chi connectivity index (χ1) is 10.8. The van der Waals surface area contributed by atoms with Crippen LogP contribution in [0.1, 0.15) is 5.56 Å². The van der Waals surface area contributed by atoms with Crippen molar-refractivity contribution >= 4 is 42.9 Å². The highest BCUT2D eigenvalue weighted by Gasteiger charge is 2.11. The quantitative estimate of drug-likeness (QED) is 0.436. The molecule has 0 spiro atoms. The van der Waals surface area contributed by atoms with Crippen molar-refractivity contribution in [3.63, 3.8) is 0 Å². The maximum atomic E-state index is 10.7. The van der Waals surface area contributed by atoms with Crippen molar-refractivity contribution in [2.75, 3.05) is 45.8 Å². The molecule has 1 aliphatic rings. The molecule has 1 unspecified atom stereocenters. The second-order valence-electron chi connectivity index (χ2n) is 5.48. The molecule has 1 fully saturated rings. The minimum absolute atomic E-state index is 0. The topological polar surface area (TPSA) is 91.3 Å². The third-order valence-corrected chi connectivity index (χ3v) is 3.71. The Morgan fingerprint density at radius 1 is 0.880 bits per heavy atom. The summed E-state index contributed by atoms with van der Waals surface area (Å²) in [5, 5.41) is 24.4. The zero-order chi connectivity index (χ0) is 15.6. The first-order valence-electron chi connectivity index (χ1n) is 7.84. The predicted molar refractivity (Wildman–Crippen MR) is 109 cm³/mol. The van der Waals surface area contributed by atoms with Crippen LogP contribution in [0, 0.1) is 10.1 Å². The van der Waals surface area contributed by atoms with Gasteiger partial charge in [-0.1, -0.05) is 12.1 Å². The lowest BCUT2D eigenvalue weighted by Gasteiger charge is -2.21. The van der Waals surface area contributed by atoms with E-state index in [1.807, 2.05) is 12.1 Å². The molecule has 25 heavy (non-hydrogen) atoms. The number of nitro benzene ring substituents is 1. The van der Waals surface area contributed by atoms with E-state index < -0.39 is 0 Å². The van der Waals surface area contributed by atoms with Gasteiger partial charge in [0.2, 0.25) is 0 Å². The van der Waals surface area contributed by atoms with Crippen molar-refractivity contribution in [1.29, 1.82) is 0 Å². The molecule has 0 bridgehead atoms. The molecule has 1 heterocycles. The zero-order valence-electron chi connectivity index (χ0n) is 14.0. The minimum atomic E-state index is -0.363. The van der Waals surface area contributed by atoms with E-state index in [0.717, 1.165) is 57.8 Å². The molecular formula is C15H28Cl3N5O2. The van der Waals surface area contributed by atoms with Crippen LogP contribution in [0.25, 0.3) is 0 Å². The number of hydrogen-bond donors (Lipinski definition) is 4. The van der Waals surface area contributed by atoms with Crippen LogP contribution in [-0.4, -0.2) is 56.8 Å². The molecule has 0 radical (unpaired) electrons. The number of benzene rings is 1. The van der Waals surface area contributed by atoms with E-state index in [9.17, 15) is 10.1 Å². The summed E-state index contributed by atoms with van der Waals surface area (Å²) in [5.74, 6) is 0. The summed E-state index contributed by atoms with van der Waals surface area (Å²) < 4.78 is 0. The van der Waals surface area contributed by atoms with Gasteiger partial charge in [0.25, 0.3) is 5.69 Å². The third kappa shape index (κ3) is 10.8. The van der Waals surface area contributed by atoms with Gasteiger partial charge >= 0.3 is 0 Å². The fourth-order valence-electron chi connectivity index (χ4n) is 2.50. The maximum absolute atomic E-state index is 10.7. The monoisotopic (exact) mass is 415 g/mol. The lowest BCUT2D eigenvalue weighted by Crippen LogP contribution is -2.46. The Morgan fingerprint density at radius 2 is 1.40 bits per heavy atom. The van der Waals surface area contributed by atoms with Crippen molar-refractivity contribution in [3.05, 3.63) is 39.9 Å². The summed E-state index contributed by atoms with van der Waals surface area (Å²) in [7, 11) is 0. The summed E-state index contributed by atoms with van der Waals surface area (Å²) in [6.07, 6.45) is 0.860. The molecule has 1 aliphatic heterocycles. The molecule has 0 amide bonds. The van der Waals surface area contributed by atoms with Gasteiger partial charge in [-0.15, -0.1) is 37.2 Å². The molecule has 7 nitrogen and oxygen atoms in total. The van der Waals surface area contributed by atoms with Gasteiger partial charge in [0.05, 0.1) is 4.92 Å². The lowest BCUT2D eigenvalue weighted by molar-refractivity contribution is -0.384. The van der Waals surface area contributed by atoms with E-state index >= 15 is 0 Å². The maximum Gasteiger partial charge on any atom is 0.269 e. The van der Waals surface area contributed by atoms with Gasteiger partial charge in [0.15, 0.2) is 0 Å². The second kappa shape index (κ2) is 15.6. The summed E-state index contributed by atoms with van der Waals surface area (Å²) in [4.78, 5) is 10.3. The normalized spacial score (nSPS) is 19.0. The molecule has 146 valence electrons. The average molecular weight is 417 g/mol. The fourth-order valence-corrected chi connectivity index (χ4v) is 2.50. The van der Waals surface area contributed by atoms with E-state index in [0.29, 0.717) is 6.04 Å². The number of nitro groups is 1. The molecule has 0 aliphatic carbocycles. The van der Waals surface area contributed by atoms with Crippen LogP contribution in [0.3, 0.4) is 0 Å². The van der Waals surface area contributed by atoms with E-state index in [2.05, 4.69) is 21.3 Å². The van der Waals surface area contributed by atoms with Crippen LogP contribution in [0.15, 0.2) is 24.3 Å². The molecule has 1 aromatic carbocycles. The van der Waals surface area contributed by atoms with E-state index in [1.165, 1.54) is 0 Å². The van der Waals surface area contributed by atoms with E-state index in [-0.39, 0.29) is 47.8 Å². The van der Waals surface area contributed by atoms with E-state index in [1.54, 1.807) is 12.1 Å². The molecule has 0 aromatic heterocycles. The smallest absolute Gasteiger partial charge is 0.269 e. The SMILES string of the molecule is Cl.Cl.Cl.O=[N+]([O-])c1ccc(CC2CNCCNCCNCCN2)cc1. The van der Waals surface area contributed by atoms with Gasteiger partial charge in [-0.05, 0) is 12.0 Å². The number of rotatable bonds is 3. The van der Waals surface area contributed by atoms with Gasteiger partial charge in [-0.25, -0.2) is 0 Å².